The van der Waals surface area contributed by atoms with Crippen molar-refractivity contribution >= 4 is 11.7 Å². The molecule has 2 rings (SSSR count). The zero-order valence-corrected chi connectivity index (χ0v) is 11.7. The molecule has 1 fully saturated rings. The molecule has 21 heavy (non-hydrogen) atoms. The van der Waals surface area contributed by atoms with E-state index in [1.165, 1.54) is 6.07 Å². The molecule has 0 spiro atoms. The molecular formula is C15H18F3NO2. The van der Waals surface area contributed by atoms with Crippen molar-refractivity contribution in [3.63, 3.8) is 0 Å². The molecule has 3 nitrogen and oxygen atoms in total. The number of alkyl halides is 3. The third-order valence-electron chi connectivity index (χ3n) is 4.17. The standard InChI is InChI=1S/C15H18F3NO2/c1-9-3-2-4-10(9)8-19-13-6-5-11(15(16,17)18)7-12(13)14(20)21/h5-7,9-10,19H,2-4,8H2,1H3,(H,20,21). The minimum absolute atomic E-state index is 0.245. The molecule has 1 aliphatic rings. The van der Waals surface area contributed by atoms with Crippen LogP contribution in [0.25, 0.3) is 0 Å². The maximum atomic E-state index is 12.6. The van der Waals surface area contributed by atoms with Gasteiger partial charge >= 0.3 is 12.1 Å². The zero-order chi connectivity index (χ0) is 15.6. The van der Waals surface area contributed by atoms with Crippen LogP contribution in [0.3, 0.4) is 0 Å². The highest BCUT2D eigenvalue weighted by molar-refractivity contribution is 5.94. The Bertz CT molecular complexity index is 528. The highest BCUT2D eigenvalue weighted by Gasteiger charge is 2.32. The number of nitrogens with one attached hydrogen (secondary N) is 1. The Morgan fingerprint density at radius 3 is 2.62 bits per heavy atom. The van der Waals surface area contributed by atoms with E-state index in [2.05, 4.69) is 12.2 Å². The SMILES string of the molecule is CC1CCCC1CNc1ccc(C(F)(F)F)cc1C(=O)O. The lowest BCUT2D eigenvalue weighted by atomic mass is 9.98. The molecule has 0 bridgehead atoms. The summed E-state index contributed by atoms with van der Waals surface area (Å²) in [6.07, 6.45) is -1.18. The second kappa shape index (κ2) is 5.95. The Morgan fingerprint density at radius 2 is 2.10 bits per heavy atom. The molecule has 2 atom stereocenters. The quantitative estimate of drug-likeness (QED) is 0.874. The largest absolute Gasteiger partial charge is 0.478 e. The molecule has 2 N–H and O–H groups in total. The van der Waals surface area contributed by atoms with Crippen LogP contribution in [0.15, 0.2) is 18.2 Å². The van der Waals surface area contributed by atoms with E-state index in [1.54, 1.807) is 0 Å². The average molecular weight is 301 g/mol. The summed E-state index contributed by atoms with van der Waals surface area (Å²) in [6, 6.07) is 2.79. The van der Waals surface area contributed by atoms with Crippen LogP contribution in [-0.2, 0) is 6.18 Å². The van der Waals surface area contributed by atoms with E-state index in [4.69, 9.17) is 5.11 Å². The van der Waals surface area contributed by atoms with Crippen LogP contribution in [0.2, 0.25) is 0 Å². The zero-order valence-electron chi connectivity index (χ0n) is 11.7. The van der Waals surface area contributed by atoms with Crippen molar-refractivity contribution in [1.29, 1.82) is 0 Å². The predicted molar refractivity (Wildman–Crippen MR) is 73.4 cm³/mol. The molecule has 1 saturated carbocycles. The van der Waals surface area contributed by atoms with Gasteiger partial charge in [-0.05, 0) is 36.5 Å². The van der Waals surface area contributed by atoms with Crippen molar-refractivity contribution in [2.24, 2.45) is 11.8 Å². The van der Waals surface area contributed by atoms with Crippen molar-refractivity contribution in [2.45, 2.75) is 32.4 Å². The first-order chi connectivity index (χ1) is 9.79. The summed E-state index contributed by atoms with van der Waals surface area (Å²) in [4.78, 5) is 11.2. The van der Waals surface area contributed by atoms with Crippen LogP contribution in [0, 0.1) is 11.8 Å². The van der Waals surface area contributed by atoms with Crippen molar-refractivity contribution in [3.05, 3.63) is 29.3 Å². The van der Waals surface area contributed by atoms with Crippen LogP contribution in [0.1, 0.15) is 42.1 Å². The van der Waals surface area contributed by atoms with Gasteiger partial charge in [0.2, 0.25) is 0 Å². The summed E-state index contributed by atoms with van der Waals surface area (Å²) in [5.41, 5.74) is -1.04. The van der Waals surface area contributed by atoms with E-state index in [9.17, 15) is 18.0 Å². The Balaban J connectivity index is 2.17. The van der Waals surface area contributed by atoms with Crippen molar-refractivity contribution in [2.75, 3.05) is 11.9 Å². The third kappa shape index (κ3) is 3.68. The number of carboxylic acid groups (broad SMARTS) is 1. The molecule has 0 aliphatic heterocycles. The van der Waals surface area contributed by atoms with Gasteiger partial charge in [-0.25, -0.2) is 4.79 Å². The van der Waals surface area contributed by atoms with Crippen LogP contribution >= 0.6 is 0 Å². The van der Waals surface area contributed by atoms with E-state index in [0.717, 1.165) is 25.3 Å². The first-order valence-electron chi connectivity index (χ1n) is 6.97. The number of hydrogen-bond donors (Lipinski definition) is 2. The first-order valence-corrected chi connectivity index (χ1v) is 6.97. The molecule has 6 heteroatoms. The fourth-order valence-corrected chi connectivity index (χ4v) is 2.82. The maximum absolute atomic E-state index is 12.6. The molecule has 0 aromatic heterocycles. The van der Waals surface area contributed by atoms with Crippen LogP contribution < -0.4 is 5.32 Å². The molecule has 1 aromatic rings. The molecule has 116 valence electrons. The Kier molecular flexibility index (Phi) is 4.44. The summed E-state index contributed by atoms with van der Waals surface area (Å²) >= 11 is 0. The first kappa shape index (κ1) is 15.7. The van der Waals surface area contributed by atoms with Crippen molar-refractivity contribution in [1.82, 2.24) is 0 Å². The molecule has 0 amide bonds. The van der Waals surface area contributed by atoms with Gasteiger partial charge in [-0.2, -0.15) is 13.2 Å². The number of hydrogen-bond acceptors (Lipinski definition) is 2. The predicted octanol–water partition coefficient (Wildman–Crippen LogP) is 4.25. The molecule has 2 unspecified atom stereocenters. The smallest absolute Gasteiger partial charge is 0.416 e. The van der Waals surface area contributed by atoms with Gasteiger partial charge in [-0.3, -0.25) is 0 Å². The number of aromatic carboxylic acids is 1. The fraction of sp³-hybridized carbons (Fsp3) is 0.533. The number of carboxylic acids is 1. The summed E-state index contributed by atoms with van der Waals surface area (Å²) in [5, 5.41) is 12.1. The van der Waals surface area contributed by atoms with E-state index in [-0.39, 0.29) is 11.3 Å². The number of anilines is 1. The highest BCUT2D eigenvalue weighted by Crippen LogP contribution is 2.34. The van der Waals surface area contributed by atoms with Crippen LogP contribution in [0.5, 0.6) is 0 Å². The van der Waals surface area contributed by atoms with E-state index < -0.39 is 17.7 Å². The minimum atomic E-state index is -4.54. The van der Waals surface area contributed by atoms with Gasteiger partial charge < -0.3 is 10.4 Å². The second-order valence-corrected chi connectivity index (χ2v) is 5.61. The Labute approximate surface area is 121 Å². The van der Waals surface area contributed by atoms with Gasteiger partial charge in [0.25, 0.3) is 0 Å². The number of halogens is 3. The fourth-order valence-electron chi connectivity index (χ4n) is 2.82. The van der Waals surface area contributed by atoms with Gasteiger partial charge in [0.1, 0.15) is 0 Å². The topological polar surface area (TPSA) is 49.3 Å². The monoisotopic (exact) mass is 301 g/mol. The molecule has 0 radical (unpaired) electrons. The summed E-state index contributed by atoms with van der Waals surface area (Å²) in [7, 11) is 0. The minimum Gasteiger partial charge on any atom is -0.478 e. The van der Waals surface area contributed by atoms with Gasteiger partial charge in [0.15, 0.2) is 0 Å². The molecule has 0 saturated heterocycles. The molecule has 1 aromatic carbocycles. The highest BCUT2D eigenvalue weighted by atomic mass is 19.4. The van der Waals surface area contributed by atoms with Gasteiger partial charge in [0.05, 0.1) is 11.1 Å². The van der Waals surface area contributed by atoms with Gasteiger partial charge in [0, 0.05) is 12.2 Å². The summed E-state index contributed by atoms with van der Waals surface area (Å²) in [6.45, 7) is 2.73. The normalized spacial score (nSPS) is 22.3. The maximum Gasteiger partial charge on any atom is 0.416 e. The van der Waals surface area contributed by atoms with Gasteiger partial charge in [-0.1, -0.05) is 19.8 Å². The number of benzene rings is 1. The lowest BCUT2D eigenvalue weighted by molar-refractivity contribution is -0.137. The molecular weight excluding hydrogens is 283 g/mol. The van der Waals surface area contributed by atoms with Crippen LogP contribution in [-0.4, -0.2) is 17.6 Å². The van der Waals surface area contributed by atoms with Crippen LogP contribution in [0.4, 0.5) is 18.9 Å². The molecule has 0 heterocycles. The second-order valence-electron chi connectivity index (χ2n) is 5.61. The average Bonchev–Trinajstić information content (AvgIpc) is 2.80. The molecule has 1 aliphatic carbocycles. The van der Waals surface area contributed by atoms with E-state index in [0.29, 0.717) is 24.4 Å². The summed E-state index contributed by atoms with van der Waals surface area (Å²) in [5.74, 6) is -0.364. The van der Waals surface area contributed by atoms with E-state index in [1.807, 2.05) is 0 Å². The third-order valence-corrected chi connectivity index (χ3v) is 4.17. The van der Waals surface area contributed by atoms with E-state index >= 15 is 0 Å². The lowest BCUT2D eigenvalue weighted by Crippen LogP contribution is -2.18. The Hall–Kier alpha value is -1.72. The lowest BCUT2D eigenvalue weighted by Gasteiger charge is -2.18. The number of rotatable bonds is 4. The summed E-state index contributed by atoms with van der Waals surface area (Å²) < 4.78 is 37.9. The Morgan fingerprint density at radius 1 is 1.38 bits per heavy atom. The van der Waals surface area contributed by atoms with Crippen molar-refractivity contribution < 1.29 is 23.1 Å². The number of carbonyl (C=O) groups is 1. The van der Waals surface area contributed by atoms with Crippen molar-refractivity contribution in [3.8, 4) is 0 Å². The van der Waals surface area contributed by atoms with Gasteiger partial charge in [-0.15, -0.1) is 0 Å².